The molecule has 0 saturated heterocycles. The molecular weight excluding hydrogens is 466 g/mol. The second-order valence-electron chi connectivity index (χ2n) is 10.4. The number of hydrogen-bond donors (Lipinski definition) is 2. The number of fused-ring (bicyclic) bond motifs is 1. The third kappa shape index (κ3) is 5.92. The lowest BCUT2D eigenvalue weighted by atomic mass is 9.95. The largest absolute Gasteiger partial charge is 0.496 e. The van der Waals surface area contributed by atoms with Crippen LogP contribution in [-0.2, 0) is 18.2 Å². The Morgan fingerprint density at radius 1 is 0.946 bits per heavy atom. The van der Waals surface area contributed by atoms with Crippen molar-refractivity contribution in [1.82, 2.24) is 9.88 Å². The molecule has 5 rings (SSSR count). The van der Waals surface area contributed by atoms with Crippen LogP contribution >= 0.6 is 0 Å². The van der Waals surface area contributed by atoms with E-state index in [9.17, 15) is 9.59 Å². The number of ether oxygens (including phenoxy) is 2. The van der Waals surface area contributed by atoms with Crippen molar-refractivity contribution in [3.05, 3.63) is 59.3 Å². The highest BCUT2D eigenvalue weighted by molar-refractivity contribution is 5.95. The number of hydrogen-bond acceptors (Lipinski definition) is 4. The first-order chi connectivity index (χ1) is 18.0. The fourth-order valence-electron chi connectivity index (χ4n) is 5.75. The molecule has 2 N–H and O–H groups in total. The summed E-state index contributed by atoms with van der Waals surface area (Å²) in [5.41, 5.74) is 4.53. The fourth-order valence-corrected chi connectivity index (χ4v) is 5.75. The van der Waals surface area contributed by atoms with Gasteiger partial charge in [0.25, 0.3) is 5.91 Å². The summed E-state index contributed by atoms with van der Waals surface area (Å²) in [5.74, 6) is 0.657. The Bertz CT molecular complexity index is 1270. The molecule has 3 aromatic rings. The number of nitrogens with one attached hydrogen (secondary N) is 2. The van der Waals surface area contributed by atoms with Gasteiger partial charge in [0.2, 0.25) is 0 Å². The topological polar surface area (TPSA) is 81.6 Å². The molecule has 0 unspecified atom stereocenters. The van der Waals surface area contributed by atoms with Gasteiger partial charge in [-0.3, -0.25) is 10.1 Å². The quantitative estimate of drug-likeness (QED) is 0.395. The molecule has 0 aliphatic heterocycles. The number of amides is 2. The van der Waals surface area contributed by atoms with Crippen LogP contribution in [0.4, 0.5) is 10.5 Å². The predicted octanol–water partition coefficient (Wildman–Crippen LogP) is 6.33. The number of benzene rings is 2. The molecule has 7 heteroatoms. The van der Waals surface area contributed by atoms with E-state index in [1.165, 1.54) is 19.3 Å². The molecule has 0 spiro atoms. The van der Waals surface area contributed by atoms with Crippen LogP contribution in [0.2, 0.25) is 0 Å². The van der Waals surface area contributed by atoms with E-state index in [0.717, 1.165) is 60.6 Å². The Labute approximate surface area is 218 Å². The minimum absolute atomic E-state index is 0.0243. The van der Waals surface area contributed by atoms with Gasteiger partial charge in [0.1, 0.15) is 11.9 Å². The second-order valence-corrected chi connectivity index (χ2v) is 10.4. The van der Waals surface area contributed by atoms with Crippen molar-refractivity contribution < 1.29 is 19.1 Å². The highest BCUT2D eigenvalue weighted by atomic mass is 16.6. The average molecular weight is 504 g/mol. The van der Waals surface area contributed by atoms with E-state index in [0.29, 0.717) is 23.4 Å². The lowest BCUT2D eigenvalue weighted by Gasteiger charge is -2.23. The standard InChI is InChI=1S/C30H37N3O4/c1-33-19-22(26-18-24(14-15-27(26)33)32-30(35)37-25-10-6-7-11-25)16-20-12-13-21(17-28(20)36-2)29(34)31-23-8-4-3-5-9-23/h12-15,17-19,23,25H,3-11,16H2,1-2H3,(H,31,34)(H,32,35). The third-order valence-electron chi connectivity index (χ3n) is 7.76. The van der Waals surface area contributed by atoms with Crippen LogP contribution in [0, 0.1) is 0 Å². The van der Waals surface area contributed by atoms with Crippen molar-refractivity contribution in [2.45, 2.75) is 76.4 Å². The predicted molar refractivity (Wildman–Crippen MR) is 145 cm³/mol. The van der Waals surface area contributed by atoms with Crippen molar-refractivity contribution in [3.8, 4) is 5.75 Å². The Kier molecular flexibility index (Phi) is 7.68. The number of aromatic nitrogens is 1. The van der Waals surface area contributed by atoms with Crippen molar-refractivity contribution in [3.63, 3.8) is 0 Å². The number of nitrogens with zero attached hydrogens (tertiary/aromatic N) is 1. The smallest absolute Gasteiger partial charge is 0.411 e. The van der Waals surface area contributed by atoms with E-state index in [-0.39, 0.29) is 18.1 Å². The van der Waals surface area contributed by atoms with Gasteiger partial charge in [-0.25, -0.2) is 4.79 Å². The first-order valence-electron chi connectivity index (χ1n) is 13.5. The zero-order valence-electron chi connectivity index (χ0n) is 21.8. The normalized spacial score (nSPS) is 16.6. The van der Waals surface area contributed by atoms with E-state index in [1.807, 2.05) is 43.4 Å². The summed E-state index contributed by atoms with van der Waals surface area (Å²) in [6.45, 7) is 0. The highest BCUT2D eigenvalue weighted by Crippen LogP contribution is 2.30. The van der Waals surface area contributed by atoms with E-state index < -0.39 is 6.09 Å². The molecule has 1 heterocycles. The van der Waals surface area contributed by atoms with Gasteiger partial charge < -0.3 is 19.4 Å². The molecule has 2 fully saturated rings. The molecule has 2 aliphatic carbocycles. The zero-order chi connectivity index (χ0) is 25.8. The Balaban J connectivity index is 1.32. The van der Waals surface area contributed by atoms with Crippen molar-refractivity contribution in [1.29, 1.82) is 0 Å². The van der Waals surface area contributed by atoms with Gasteiger partial charge in [-0.2, -0.15) is 0 Å². The van der Waals surface area contributed by atoms with Crippen LogP contribution in [0.15, 0.2) is 42.6 Å². The first-order valence-corrected chi connectivity index (χ1v) is 13.5. The molecule has 1 aromatic heterocycles. The number of anilines is 1. The Hall–Kier alpha value is -3.48. The van der Waals surface area contributed by atoms with Gasteiger partial charge in [0, 0.05) is 47.9 Å². The Morgan fingerprint density at radius 2 is 1.70 bits per heavy atom. The summed E-state index contributed by atoms with van der Waals surface area (Å²) < 4.78 is 13.3. The van der Waals surface area contributed by atoms with Crippen LogP contribution in [0.3, 0.4) is 0 Å². The number of carbonyl (C=O) groups excluding carboxylic acids is 2. The maximum Gasteiger partial charge on any atom is 0.411 e. The minimum atomic E-state index is -0.396. The number of carbonyl (C=O) groups is 2. The van der Waals surface area contributed by atoms with Crippen LogP contribution in [0.5, 0.6) is 5.75 Å². The van der Waals surface area contributed by atoms with Crippen molar-refractivity contribution in [2.24, 2.45) is 7.05 Å². The van der Waals surface area contributed by atoms with Gasteiger partial charge in [-0.1, -0.05) is 25.3 Å². The maximum absolute atomic E-state index is 12.8. The summed E-state index contributed by atoms with van der Waals surface area (Å²) in [7, 11) is 3.66. The van der Waals surface area contributed by atoms with Crippen molar-refractivity contribution >= 4 is 28.6 Å². The minimum Gasteiger partial charge on any atom is -0.496 e. The van der Waals surface area contributed by atoms with E-state index in [2.05, 4.69) is 21.4 Å². The van der Waals surface area contributed by atoms with Crippen LogP contribution < -0.4 is 15.4 Å². The third-order valence-corrected chi connectivity index (χ3v) is 7.76. The zero-order valence-corrected chi connectivity index (χ0v) is 21.8. The molecule has 37 heavy (non-hydrogen) atoms. The maximum atomic E-state index is 12.8. The SMILES string of the molecule is COc1cc(C(=O)NC2CCCCC2)ccc1Cc1cn(C)c2ccc(NC(=O)OC3CCCC3)cc12. The number of rotatable bonds is 7. The molecule has 0 bridgehead atoms. The molecule has 2 aromatic carbocycles. The van der Waals surface area contributed by atoms with Gasteiger partial charge in [-0.05, 0) is 80.0 Å². The molecule has 0 atom stereocenters. The summed E-state index contributed by atoms with van der Waals surface area (Å²) in [6.07, 6.45) is 12.2. The summed E-state index contributed by atoms with van der Waals surface area (Å²) >= 11 is 0. The number of methoxy groups -OCH3 is 1. The van der Waals surface area contributed by atoms with Crippen LogP contribution in [0.1, 0.15) is 79.3 Å². The number of aryl methyl sites for hydroxylation is 1. The lowest BCUT2D eigenvalue weighted by Crippen LogP contribution is -2.36. The second kappa shape index (κ2) is 11.3. The van der Waals surface area contributed by atoms with Crippen LogP contribution in [0.25, 0.3) is 10.9 Å². The van der Waals surface area contributed by atoms with E-state index in [4.69, 9.17) is 9.47 Å². The molecule has 196 valence electrons. The molecule has 7 nitrogen and oxygen atoms in total. The summed E-state index contributed by atoms with van der Waals surface area (Å²) in [4.78, 5) is 25.2. The summed E-state index contributed by atoms with van der Waals surface area (Å²) in [6, 6.07) is 11.9. The Morgan fingerprint density at radius 3 is 2.46 bits per heavy atom. The lowest BCUT2D eigenvalue weighted by molar-refractivity contribution is 0.0927. The fraction of sp³-hybridized carbons (Fsp3) is 0.467. The van der Waals surface area contributed by atoms with Crippen molar-refractivity contribution in [2.75, 3.05) is 12.4 Å². The van der Waals surface area contributed by atoms with E-state index in [1.54, 1.807) is 7.11 Å². The molecule has 0 radical (unpaired) electrons. The van der Waals surface area contributed by atoms with E-state index >= 15 is 0 Å². The molecule has 2 amide bonds. The summed E-state index contributed by atoms with van der Waals surface area (Å²) in [5, 5.41) is 7.14. The van der Waals surface area contributed by atoms with Gasteiger partial charge >= 0.3 is 6.09 Å². The first kappa shape index (κ1) is 25.2. The van der Waals surface area contributed by atoms with Crippen LogP contribution in [-0.4, -0.2) is 35.8 Å². The van der Waals surface area contributed by atoms with Gasteiger partial charge in [-0.15, -0.1) is 0 Å². The van der Waals surface area contributed by atoms with Gasteiger partial charge in [0.15, 0.2) is 0 Å². The monoisotopic (exact) mass is 503 g/mol. The highest BCUT2D eigenvalue weighted by Gasteiger charge is 2.20. The van der Waals surface area contributed by atoms with Gasteiger partial charge in [0.05, 0.1) is 7.11 Å². The molecular formula is C30H37N3O4. The average Bonchev–Trinajstić information content (AvgIpc) is 3.52. The molecule has 2 saturated carbocycles. The molecule has 2 aliphatic rings.